The van der Waals surface area contributed by atoms with Crippen LogP contribution in [0.2, 0.25) is 0 Å². The number of benzene rings is 2. The molecule has 0 saturated carbocycles. The molecular formula is C24H23N5O. The molecule has 6 nitrogen and oxygen atoms in total. The Morgan fingerprint density at radius 1 is 1.20 bits per heavy atom. The van der Waals surface area contributed by atoms with Crippen molar-refractivity contribution in [1.82, 2.24) is 14.8 Å². The van der Waals surface area contributed by atoms with Gasteiger partial charge in [0.2, 0.25) is 11.8 Å². The van der Waals surface area contributed by atoms with Gasteiger partial charge in [0.25, 0.3) is 0 Å². The fourth-order valence-corrected chi connectivity index (χ4v) is 4.63. The fraction of sp³-hybridized carbons (Fsp3) is 0.250. The van der Waals surface area contributed by atoms with Crippen molar-refractivity contribution >= 4 is 21.8 Å². The normalized spacial score (nSPS) is 16.2. The first-order valence-electron chi connectivity index (χ1n) is 10.2. The largest absolute Gasteiger partial charge is 0.420 e. The van der Waals surface area contributed by atoms with Gasteiger partial charge < -0.3 is 15.0 Å². The molecule has 150 valence electrons. The van der Waals surface area contributed by atoms with Gasteiger partial charge in [-0.05, 0) is 36.6 Å². The second-order valence-corrected chi connectivity index (χ2v) is 7.97. The fourth-order valence-electron chi connectivity index (χ4n) is 4.63. The third-order valence-corrected chi connectivity index (χ3v) is 5.99. The van der Waals surface area contributed by atoms with Crippen molar-refractivity contribution in [2.24, 2.45) is 5.73 Å². The average Bonchev–Trinajstić information content (AvgIpc) is 3.31. The van der Waals surface area contributed by atoms with Gasteiger partial charge in [-0.15, -0.1) is 5.10 Å². The van der Waals surface area contributed by atoms with Crippen LogP contribution in [0.3, 0.4) is 0 Å². The first kappa shape index (κ1) is 18.3. The number of rotatable bonds is 3. The minimum Gasteiger partial charge on any atom is -0.420 e. The molecule has 30 heavy (non-hydrogen) atoms. The van der Waals surface area contributed by atoms with Gasteiger partial charge >= 0.3 is 0 Å². The summed E-state index contributed by atoms with van der Waals surface area (Å²) in [5, 5.41) is 19.7. The standard InChI is InChI=1S/C24H23N5O/c1-4-29-18-8-6-5-7-15(18)16-11-14(9-10-19(16)29)20-17(12-25)23(26)30-24-21(20)22(13(2)3)27-28-24/h5-11,13,20H,4,26H2,1-3H3,(H,27,28). The highest BCUT2D eigenvalue weighted by Crippen LogP contribution is 2.45. The molecule has 6 heteroatoms. The number of nitrogens with two attached hydrogens (primary N) is 1. The summed E-state index contributed by atoms with van der Waals surface area (Å²) >= 11 is 0. The third-order valence-electron chi connectivity index (χ3n) is 5.99. The monoisotopic (exact) mass is 397 g/mol. The van der Waals surface area contributed by atoms with Crippen LogP contribution in [-0.2, 0) is 6.54 Å². The Balaban J connectivity index is 1.80. The van der Waals surface area contributed by atoms with Gasteiger partial charge in [0.1, 0.15) is 11.6 Å². The lowest BCUT2D eigenvalue weighted by Crippen LogP contribution is -2.21. The number of aromatic amines is 1. The minimum absolute atomic E-state index is 0.118. The molecule has 4 aromatic rings. The van der Waals surface area contributed by atoms with Crippen LogP contribution >= 0.6 is 0 Å². The Hall–Kier alpha value is -3.72. The maximum absolute atomic E-state index is 9.91. The molecule has 3 heterocycles. The average molecular weight is 397 g/mol. The first-order chi connectivity index (χ1) is 14.5. The van der Waals surface area contributed by atoms with E-state index in [1.54, 1.807) is 0 Å². The number of H-pyrrole nitrogens is 1. The van der Waals surface area contributed by atoms with Crippen LogP contribution in [0.25, 0.3) is 21.8 Å². The molecule has 0 spiro atoms. The number of nitrogens with zero attached hydrogens (tertiary/aromatic N) is 3. The predicted octanol–water partition coefficient (Wildman–Crippen LogP) is 4.88. The smallest absolute Gasteiger partial charge is 0.244 e. The van der Waals surface area contributed by atoms with E-state index < -0.39 is 0 Å². The van der Waals surface area contributed by atoms with E-state index in [1.165, 1.54) is 21.8 Å². The van der Waals surface area contributed by atoms with E-state index in [2.05, 4.69) is 84.1 Å². The molecular weight excluding hydrogens is 374 g/mol. The molecule has 1 aliphatic heterocycles. The van der Waals surface area contributed by atoms with E-state index in [9.17, 15) is 5.26 Å². The van der Waals surface area contributed by atoms with Crippen molar-refractivity contribution < 1.29 is 4.74 Å². The summed E-state index contributed by atoms with van der Waals surface area (Å²) in [5.74, 6) is 0.463. The van der Waals surface area contributed by atoms with Crippen LogP contribution in [0.1, 0.15) is 49.4 Å². The van der Waals surface area contributed by atoms with Crippen LogP contribution in [0.15, 0.2) is 53.9 Å². The molecule has 5 rings (SSSR count). The van der Waals surface area contributed by atoms with Crippen molar-refractivity contribution in [2.75, 3.05) is 0 Å². The zero-order valence-corrected chi connectivity index (χ0v) is 17.2. The third kappa shape index (κ3) is 2.45. The Kier molecular flexibility index (Phi) is 4.07. The highest BCUT2D eigenvalue weighted by atomic mass is 16.5. The molecule has 1 atom stereocenters. The summed E-state index contributed by atoms with van der Waals surface area (Å²) in [6, 6.07) is 17.1. The van der Waals surface area contributed by atoms with Crippen LogP contribution < -0.4 is 10.5 Å². The zero-order chi connectivity index (χ0) is 21.0. The van der Waals surface area contributed by atoms with Crippen LogP contribution in [0.5, 0.6) is 5.88 Å². The summed E-state index contributed by atoms with van der Waals surface area (Å²) in [5.41, 5.74) is 11.8. The van der Waals surface area contributed by atoms with E-state index in [4.69, 9.17) is 10.5 Å². The topological polar surface area (TPSA) is 92.7 Å². The van der Waals surface area contributed by atoms with Gasteiger partial charge in [-0.1, -0.05) is 38.1 Å². The van der Waals surface area contributed by atoms with E-state index in [1.807, 2.05) is 0 Å². The number of hydrogen-bond acceptors (Lipinski definition) is 4. The van der Waals surface area contributed by atoms with Gasteiger partial charge in [-0.2, -0.15) is 5.26 Å². The SMILES string of the molecule is CCn1c2ccccc2c2cc(C3C(C#N)=C(N)Oc4n[nH]c(C(C)C)c43)ccc21. The van der Waals surface area contributed by atoms with Gasteiger partial charge in [0, 0.05) is 34.0 Å². The van der Waals surface area contributed by atoms with Gasteiger partial charge in [0.05, 0.1) is 11.5 Å². The molecule has 0 fully saturated rings. The summed E-state index contributed by atoms with van der Waals surface area (Å²) in [4.78, 5) is 0. The number of para-hydroxylation sites is 1. The van der Waals surface area contributed by atoms with Crippen molar-refractivity contribution in [3.05, 3.63) is 70.7 Å². The van der Waals surface area contributed by atoms with Gasteiger partial charge in [-0.25, -0.2) is 0 Å². The summed E-state index contributed by atoms with van der Waals surface area (Å²) < 4.78 is 8.00. The number of fused-ring (bicyclic) bond motifs is 4. The van der Waals surface area contributed by atoms with Gasteiger partial charge in [-0.3, -0.25) is 5.10 Å². The van der Waals surface area contributed by atoms with E-state index in [0.29, 0.717) is 11.5 Å². The molecule has 1 aliphatic rings. The maximum atomic E-state index is 9.91. The molecule has 0 amide bonds. The molecule has 2 aromatic heterocycles. The number of nitrogens with one attached hydrogen (secondary N) is 1. The Morgan fingerprint density at radius 3 is 2.70 bits per heavy atom. The lowest BCUT2D eigenvalue weighted by atomic mass is 9.82. The summed E-state index contributed by atoms with van der Waals surface area (Å²) in [6.07, 6.45) is 0. The second kappa shape index (κ2) is 6.67. The second-order valence-electron chi connectivity index (χ2n) is 7.97. The number of hydrogen-bond donors (Lipinski definition) is 2. The molecule has 0 aliphatic carbocycles. The van der Waals surface area contributed by atoms with Crippen molar-refractivity contribution in [3.8, 4) is 11.9 Å². The van der Waals surface area contributed by atoms with Crippen LogP contribution in [-0.4, -0.2) is 14.8 Å². The number of nitriles is 1. The van der Waals surface area contributed by atoms with E-state index in [-0.39, 0.29) is 17.7 Å². The number of aromatic nitrogens is 3. The molecule has 1 unspecified atom stereocenters. The first-order valence-corrected chi connectivity index (χ1v) is 10.2. The molecule has 0 bridgehead atoms. The van der Waals surface area contributed by atoms with E-state index in [0.717, 1.165) is 23.4 Å². The van der Waals surface area contributed by atoms with Crippen molar-refractivity contribution in [3.63, 3.8) is 0 Å². The lowest BCUT2D eigenvalue weighted by Gasteiger charge is -2.25. The highest BCUT2D eigenvalue weighted by Gasteiger charge is 2.36. The highest BCUT2D eigenvalue weighted by molar-refractivity contribution is 6.08. The number of ether oxygens (including phenoxy) is 1. The Labute approximate surface area is 174 Å². The predicted molar refractivity (Wildman–Crippen MR) is 117 cm³/mol. The van der Waals surface area contributed by atoms with Crippen LogP contribution in [0.4, 0.5) is 0 Å². The van der Waals surface area contributed by atoms with Crippen molar-refractivity contribution in [2.45, 2.75) is 39.2 Å². The Bertz CT molecular complexity index is 1370. The van der Waals surface area contributed by atoms with E-state index >= 15 is 0 Å². The maximum Gasteiger partial charge on any atom is 0.244 e. The van der Waals surface area contributed by atoms with Gasteiger partial charge in [0.15, 0.2) is 0 Å². The molecule has 0 radical (unpaired) electrons. The summed E-state index contributed by atoms with van der Waals surface area (Å²) in [7, 11) is 0. The molecule has 2 aromatic carbocycles. The molecule has 3 N–H and O–H groups in total. The number of aryl methyl sites for hydroxylation is 1. The van der Waals surface area contributed by atoms with Crippen molar-refractivity contribution in [1.29, 1.82) is 5.26 Å². The zero-order valence-electron chi connectivity index (χ0n) is 17.2. The number of allylic oxidation sites excluding steroid dienone is 1. The lowest BCUT2D eigenvalue weighted by molar-refractivity contribution is 0.378. The molecule has 0 saturated heterocycles. The Morgan fingerprint density at radius 2 is 1.97 bits per heavy atom. The minimum atomic E-state index is -0.317. The summed E-state index contributed by atoms with van der Waals surface area (Å²) in [6.45, 7) is 7.23. The quantitative estimate of drug-likeness (QED) is 0.515. The van der Waals surface area contributed by atoms with Crippen LogP contribution in [0, 0.1) is 11.3 Å².